The average molecular weight is 467 g/mol. The van der Waals surface area contributed by atoms with Crippen LogP contribution in [0.15, 0.2) is 66.0 Å². The lowest BCUT2D eigenvalue weighted by molar-refractivity contribution is -0.127. The number of para-hydroxylation sites is 2. The SMILES string of the molecule is COc1ccccc1N(C(=O)Cc1cccs1)[C@H](C(=O)NC1CCCC1)c1ccc(F)cc1. The van der Waals surface area contributed by atoms with Gasteiger partial charge in [0.1, 0.15) is 17.6 Å². The van der Waals surface area contributed by atoms with Crippen molar-refractivity contribution >= 4 is 28.8 Å². The van der Waals surface area contributed by atoms with E-state index in [9.17, 15) is 14.0 Å². The summed E-state index contributed by atoms with van der Waals surface area (Å²) in [6.45, 7) is 0. The summed E-state index contributed by atoms with van der Waals surface area (Å²) in [6, 6.07) is 15.8. The number of hydrogen-bond donors (Lipinski definition) is 1. The summed E-state index contributed by atoms with van der Waals surface area (Å²) < 4.78 is 19.3. The van der Waals surface area contributed by atoms with Crippen LogP contribution in [-0.4, -0.2) is 25.0 Å². The summed E-state index contributed by atoms with van der Waals surface area (Å²) >= 11 is 1.49. The average Bonchev–Trinajstić information content (AvgIpc) is 3.52. The molecule has 3 aromatic rings. The maximum absolute atomic E-state index is 13.7. The molecule has 1 aliphatic rings. The first-order valence-corrected chi connectivity index (χ1v) is 12.0. The second-order valence-corrected chi connectivity index (χ2v) is 9.17. The number of benzene rings is 2. The highest BCUT2D eigenvalue weighted by Gasteiger charge is 2.35. The summed E-state index contributed by atoms with van der Waals surface area (Å²) in [6.07, 6.45) is 4.11. The van der Waals surface area contributed by atoms with Gasteiger partial charge in [0, 0.05) is 10.9 Å². The third-order valence-electron chi connectivity index (χ3n) is 5.91. The zero-order chi connectivity index (χ0) is 23.2. The van der Waals surface area contributed by atoms with Crippen LogP contribution in [0.2, 0.25) is 0 Å². The normalized spacial score (nSPS) is 14.6. The van der Waals surface area contributed by atoms with Crippen molar-refractivity contribution in [1.29, 1.82) is 0 Å². The van der Waals surface area contributed by atoms with E-state index in [1.807, 2.05) is 23.6 Å². The molecule has 2 amide bonds. The minimum Gasteiger partial charge on any atom is -0.495 e. The Kier molecular flexibility index (Phi) is 7.40. The van der Waals surface area contributed by atoms with Gasteiger partial charge < -0.3 is 10.1 Å². The van der Waals surface area contributed by atoms with E-state index in [4.69, 9.17) is 4.74 Å². The van der Waals surface area contributed by atoms with Gasteiger partial charge in [-0.1, -0.05) is 43.2 Å². The Labute approximate surface area is 197 Å². The molecule has 1 atom stereocenters. The quantitative estimate of drug-likeness (QED) is 0.492. The van der Waals surface area contributed by atoms with Crippen molar-refractivity contribution in [2.45, 2.75) is 44.2 Å². The molecule has 0 bridgehead atoms. The standard InChI is InChI=1S/C26H27FN2O3S/c1-32-23-11-5-4-10-22(23)29(24(30)17-21-9-6-16-33-21)25(18-12-14-19(27)15-13-18)26(31)28-20-7-2-3-8-20/h4-6,9-16,20,25H,2-3,7-8,17H2,1H3,(H,28,31)/t25-/m0/s1. The van der Waals surface area contributed by atoms with Gasteiger partial charge in [-0.2, -0.15) is 0 Å². The molecule has 4 rings (SSSR count). The molecule has 7 heteroatoms. The van der Waals surface area contributed by atoms with Crippen LogP contribution >= 0.6 is 11.3 Å². The van der Waals surface area contributed by atoms with Crippen molar-refractivity contribution in [3.63, 3.8) is 0 Å². The number of rotatable bonds is 8. The monoisotopic (exact) mass is 466 g/mol. The van der Waals surface area contributed by atoms with Crippen LogP contribution in [0, 0.1) is 5.82 Å². The van der Waals surface area contributed by atoms with Gasteiger partial charge in [0.25, 0.3) is 0 Å². The maximum Gasteiger partial charge on any atom is 0.248 e. The zero-order valence-electron chi connectivity index (χ0n) is 18.5. The second kappa shape index (κ2) is 10.6. The molecular weight excluding hydrogens is 439 g/mol. The van der Waals surface area contributed by atoms with E-state index in [2.05, 4.69) is 5.32 Å². The summed E-state index contributed by atoms with van der Waals surface area (Å²) in [4.78, 5) is 29.8. The van der Waals surface area contributed by atoms with Crippen molar-refractivity contribution in [1.82, 2.24) is 5.32 Å². The molecule has 0 spiro atoms. The number of methoxy groups -OCH3 is 1. The molecule has 1 aliphatic carbocycles. The van der Waals surface area contributed by atoms with Crippen LogP contribution in [0.25, 0.3) is 0 Å². The van der Waals surface area contributed by atoms with Crippen molar-refractivity contribution < 1.29 is 18.7 Å². The molecule has 1 heterocycles. The smallest absolute Gasteiger partial charge is 0.248 e. The Bertz CT molecular complexity index is 1080. The van der Waals surface area contributed by atoms with E-state index in [0.29, 0.717) is 17.0 Å². The Balaban J connectivity index is 1.79. The first kappa shape index (κ1) is 23.0. The molecule has 172 valence electrons. The van der Waals surface area contributed by atoms with Gasteiger partial charge in [0.15, 0.2) is 0 Å². The number of carbonyl (C=O) groups excluding carboxylic acids is 2. The molecule has 0 radical (unpaired) electrons. The number of nitrogens with zero attached hydrogens (tertiary/aromatic N) is 1. The molecule has 5 nitrogen and oxygen atoms in total. The molecular formula is C26H27FN2O3S. The van der Waals surface area contributed by atoms with E-state index in [1.165, 1.54) is 35.5 Å². The fraction of sp³-hybridized carbons (Fsp3) is 0.308. The highest BCUT2D eigenvalue weighted by atomic mass is 32.1. The topological polar surface area (TPSA) is 58.6 Å². The molecule has 0 aliphatic heterocycles. The summed E-state index contributed by atoms with van der Waals surface area (Å²) in [7, 11) is 1.53. The van der Waals surface area contributed by atoms with Gasteiger partial charge in [-0.25, -0.2) is 4.39 Å². The molecule has 1 fully saturated rings. The number of amides is 2. The van der Waals surface area contributed by atoms with Gasteiger partial charge in [0.05, 0.1) is 19.2 Å². The van der Waals surface area contributed by atoms with Gasteiger partial charge in [-0.3, -0.25) is 14.5 Å². The van der Waals surface area contributed by atoms with Crippen molar-refractivity contribution in [2.24, 2.45) is 0 Å². The van der Waals surface area contributed by atoms with Crippen molar-refractivity contribution in [3.8, 4) is 5.75 Å². The predicted octanol–water partition coefficient (Wildman–Crippen LogP) is 5.27. The van der Waals surface area contributed by atoms with Crippen LogP contribution in [0.4, 0.5) is 10.1 Å². The van der Waals surface area contributed by atoms with Gasteiger partial charge in [-0.15, -0.1) is 11.3 Å². The summed E-state index contributed by atoms with van der Waals surface area (Å²) in [5.74, 6) is -0.433. The molecule has 33 heavy (non-hydrogen) atoms. The van der Waals surface area contributed by atoms with Gasteiger partial charge in [0.2, 0.25) is 11.8 Å². The third kappa shape index (κ3) is 5.42. The Hall–Kier alpha value is -3.19. The fourth-order valence-electron chi connectivity index (χ4n) is 4.31. The molecule has 2 aromatic carbocycles. The number of carbonyl (C=O) groups is 2. The van der Waals surface area contributed by atoms with E-state index in [0.717, 1.165) is 30.6 Å². The van der Waals surface area contributed by atoms with Gasteiger partial charge in [-0.05, 0) is 54.1 Å². The van der Waals surface area contributed by atoms with Crippen LogP contribution < -0.4 is 15.0 Å². The fourth-order valence-corrected chi connectivity index (χ4v) is 5.00. The first-order chi connectivity index (χ1) is 16.1. The number of thiophene rings is 1. The number of ether oxygens (including phenoxy) is 1. The highest BCUT2D eigenvalue weighted by Crippen LogP contribution is 2.36. The van der Waals surface area contributed by atoms with E-state index < -0.39 is 11.9 Å². The zero-order valence-corrected chi connectivity index (χ0v) is 19.3. The number of anilines is 1. The number of nitrogens with one attached hydrogen (secondary N) is 1. The third-order valence-corrected chi connectivity index (χ3v) is 6.79. The molecule has 1 saturated carbocycles. The van der Waals surface area contributed by atoms with Crippen molar-refractivity contribution in [2.75, 3.05) is 12.0 Å². The molecule has 0 saturated heterocycles. The van der Waals surface area contributed by atoms with Gasteiger partial charge >= 0.3 is 0 Å². The number of hydrogen-bond acceptors (Lipinski definition) is 4. The Morgan fingerprint density at radius 3 is 2.48 bits per heavy atom. The van der Waals surface area contributed by atoms with Crippen LogP contribution in [-0.2, 0) is 16.0 Å². The molecule has 1 aromatic heterocycles. The lowest BCUT2D eigenvalue weighted by Gasteiger charge is -2.33. The largest absolute Gasteiger partial charge is 0.495 e. The summed E-state index contributed by atoms with van der Waals surface area (Å²) in [5, 5.41) is 5.05. The summed E-state index contributed by atoms with van der Waals surface area (Å²) in [5.41, 5.74) is 1.04. The second-order valence-electron chi connectivity index (χ2n) is 8.14. The van der Waals surface area contributed by atoms with Crippen LogP contribution in [0.1, 0.15) is 42.2 Å². The Morgan fingerprint density at radius 1 is 1.09 bits per heavy atom. The predicted molar refractivity (Wildman–Crippen MR) is 128 cm³/mol. The number of halogens is 1. The minimum atomic E-state index is -0.963. The van der Waals surface area contributed by atoms with E-state index in [-0.39, 0.29) is 24.3 Å². The highest BCUT2D eigenvalue weighted by molar-refractivity contribution is 7.10. The van der Waals surface area contributed by atoms with Crippen molar-refractivity contribution in [3.05, 3.63) is 82.3 Å². The maximum atomic E-state index is 13.7. The first-order valence-electron chi connectivity index (χ1n) is 11.1. The van der Waals surface area contributed by atoms with E-state index >= 15 is 0 Å². The lowest BCUT2D eigenvalue weighted by Crippen LogP contribution is -2.47. The Morgan fingerprint density at radius 2 is 1.82 bits per heavy atom. The lowest BCUT2D eigenvalue weighted by atomic mass is 10.0. The minimum absolute atomic E-state index is 0.0763. The van der Waals surface area contributed by atoms with Crippen LogP contribution in [0.3, 0.4) is 0 Å². The van der Waals surface area contributed by atoms with Crippen LogP contribution in [0.5, 0.6) is 5.75 Å². The molecule has 0 unspecified atom stereocenters. The molecule has 1 N–H and O–H groups in total. The van der Waals surface area contributed by atoms with E-state index in [1.54, 1.807) is 30.3 Å².